The Morgan fingerprint density at radius 2 is 1.16 bits per heavy atom. The lowest BCUT2D eigenvalue weighted by Gasteiger charge is -2.17. The van der Waals surface area contributed by atoms with E-state index in [0.717, 1.165) is 134 Å². The molecule has 0 radical (unpaired) electrons. The van der Waals surface area contributed by atoms with Crippen LogP contribution in [0.5, 0.6) is 0 Å². The fourth-order valence-corrected chi connectivity index (χ4v) is 10.2. The molecule has 0 saturated carbocycles. The van der Waals surface area contributed by atoms with Gasteiger partial charge < -0.3 is 25.3 Å². The normalized spacial score (nSPS) is 18.1. The molecule has 4 N–H and O–H groups in total. The Balaban J connectivity index is 0.000000231. The van der Waals surface area contributed by atoms with Crippen LogP contribution in [0.1, 0.15) is 167 Å². The fourth-order valence-electron chi connectivity index (χ4n) is 8.43. The standard InChI is InChI=1S/C26H31NO3S.C25H30O4S/c1-3-4-5-9-24(28)19-12-10-18(11-13-19)21-15-16-23(27-2)22(21)8-6-7-20-14-17-25(31-20)26(29)30;1-2-3-4-8-22(26)18-11-9-17(10-12-18)20-14-15-23(27)21(20)7-5-6-19-13-16-24(30-19)25(28)29/h10-15,17,22-24,28H,3-9,16H2,1H3,(H,29,30);9-14,16,21-22,26H,2-8,15H2,1H3,(H,28,29)/t22-,23?,24?;21-,22?/m11/s1. The summed E-state index contributed by atoms with van der Waals surface area (Å²) in [5, 5.41) is 38.9. The summed E-state index contributed by atoms with van der Waals surface area (Å²) in [6.45, 7) is 11.9. The number of Topliss-reactive ketones (excluding diaryl/α,β-unsaturated/α-hetero) is 1. The molecule has 0 amide bonds. The number of rotatable bonds is 22. The first-order chi connectivity index (χ1) is 29.5. The molecule has 2 aliphatic carbocycles. The topological polar surface area (TPSA) is 136 Å². The van der Waals surface area contributed by atoms with E-state index in [-0.39, 0.29) is 23.7 Å². The Labute approximate surface area is 369 Å². The van der Waals surface area contributed by atoms with Crippen molar-refractivity contribution in [3.05, 3.63) is 138 Å². The van der Waals surface area contributed by atoms with E-state index < -0.39 is 24.1 Å². The average Bonchev–Trinajstić information content (AvgIpc) is 4.09. The first kappa shape index (κ1) is 47.4. The number of carbonyl (C=O) groups is 3. The van der Waals surface area contributed by atoms with Gasteiger partial charge in [0.15, 0.2) is 0 Å². The highest BCUT2D eigenvalue weighted by molar-refractivity contribution is 7.14. The number of unbranched alkanes of at least 4 members (excludes halogenated alkanes) is 4. The average molecular weight is 864 g/mol. The van der Waals surface area contributed by atoms with Crippen molar-refractivity contribution in [3.63, 3.8) is 0 Å². The molecule has 10 heteroatoms. The number of aryl methyl sites for hydroxylation is 2. The second-order valence-electron chi connectivity index (χ2n) is 16.3. The number of aromatic carboxylic acids is 2. The van der Waals surface area contributed by atoms with Crippen LogP contribution < -0.4 is 0 Å². The molecule has 2 heterocycles. The molecular formula is C51H61NO7S2. The number of allylic oxidation sites excluding steroid dienone is 2. The fraction of sp³-hybridized carbons (Fsp3) is 0.451. The highest BCUT2D eigenvalue weighted by Gasteiger charge is 2.34. The van der Waals surface area contributed by atoms with Crippen LogP contribution in [0.25, 0.3) is 16.0 Å². The number of aliphatic hydroxyl groups excluding tert-OH is 2. The van der Waals surface area contributed by atoms with Gasteiger partial charge in [-0.25, -0.2) is 16.2 Å². The van der Waals surface area contributed by atoms with Gasteiger partial charge in [0.1, 0.15) is 15.5 Å². The third-order valence-corrected chi connectivity index (χ3v) is 14.2. The van der Waals surface area contributed by atoms with Crippen LogP contribution in [-0.2, 0) is 17.6 Å². The van der Waals surface area contributed by atoms with Crippen LogP contribution >= 0.6 is 22.7 Å². The lowest BCUT2D eigenvalue weighted by atomic mass is 9.87. The number of carboxylic acids is 2. The zero-order valence-electron chi connectivity index (χ0n) is 35.6. The summed E-state index contributed by atoms with van der Waals surface area (Å²) in [7, 11) is 0. The van der Waals surface area contributed by atoms with E-state index in [1.807, 2.05) is 54.6 Å². The lowest BCUT2D eigenvalue weighted by molar-refractivity contribution is -0.119. The molecule has 0 spiro atoms. The van der Waals surface area contributed by atoms with Crippen LogP contribution in [0.15, 0.2) is 84.9 Å². The summed E-state index contributed by atoms with van der Waals surface area (Å²) in [4.78, 5) is 41.3. The van der Waals surface area contributed by atoms with E-state index in [9.17, 15) is 24.6 Å². The summed E-state index contributed by atoms with van der Waals surface area (Å²) in [5.74, 6) is -1.39. The van der Waals surface area contributed by atoms with E-state index in [0.29, 0.717) is 16.2 Å². The zero-order valence-corrected chi connectivity index (χ0v) is 37.2. The molecule has 2 aromatic carbocycles. The van der Waals surface area contributed by atoms with Gasteiger partial charge in [-0.1, -0.05) is 113 Å². The predicted molar refractivity (Wildman–Crippen MR) is 247 cm³/mol. The Bertz CT molecular complexity index is 2140. The maximum atomic E-state index is 12.4. The van der Waals surface area contributed by atoms with Crippen molar-refractivity contribution in [1.82, 2.24) is 0 Å². The molecule has 0 saturated heterocycles. The van der Waals surface area contributed by atoms with Crippen molar-refractivity contribution in [3.8, 4) is 0 Å². The molecule has 3 unspecified atom stereocenters. The molecule has 0 aliphatic heterocycles. The van der Waals surface area contributed by atoms with E-state index in [1.54, 1.807) is 12.1 Å². The number of carboxylic acid groups (broad SMARTS) is 2. The molecule has 5 atom stereocenters. The zero-order chi connectivity index (χ0) is 43.7. The van der Waals surface area contributed by atoms with Gasteiger partial charge in [-0.3, -0.25) is 4.79 Å². The van der Waals surface area contributed by atoms with Gasteiger partial charge in [-0.2, -0.15) is 0 Å². The van der Waals surface area contributed by atoms with Crippen LogP contribution in [0.2, 0.25) is 0 Å². The van der Waals surface area contributed by atoms with Crippen molar-refractivity contribution in [2.24, 2.45) is 11.8 Å². The third kappa shape index (κ3) is 13.7. The summed E-state index contributed by atoms with van der Waals surface area (Å²) < 4.78 is 0. The van der Waals surface area contributed by atoms with E-state index in [2.05, 4.69) is 36.9 Å². The van der Waals surface area contributed by atoms with Crippen LogP contribution in [0.4, 0.5) is 0 Å². The largest absolute Gasteiger partial charge is 0.477 e. The SMILES string of the molecule is CCCCCC(O)c1ccc(C2=CCC(=O)[C@@H]2CCCc2ccc(C(=O)O)s2)cc1.[C-]#[N+]C1CC=C(c2ccc(C(O)CCCCC)cc2)[C@H]1CCCc1ccc(C(=O)O)s1. The van der Waals surface area contributed by atoms with Gasteiger partial charge in [0.05, 0.1) is 18.1 Å². The number of ketones is 1. The number of hydrogen-bond acceptors (Lipinski definition) is 7. The third-order valence-electron chi connectivity index (χ3n) is 11.9. The lowest BCUT2D eigenvalue weighted by Crippen LogP contribution is -2.13. The number of nitrogens with zero attached hydrogens (tertiary/aromatic N) is 1. The molecule has 0 fully saturated rings. The first-order valence-electron chi connectivity index (χ1n) is 22.0. The minimum Gasteiger partial charge on any atom is -0.477 e. The second kappa shape index (κ2) is 24.1. The van der Waals surface area contributed by atoms with Crippen molar-refractivity contribution in [2.45, 2.75) is 135 Å². The monoisotopic (exact) mass is 863 g/mol. The molecule has 0 bridgehead atoms. The van der Waals surface area contributed by atoms with Crippen LogP contribution in [-0.4, -0.2) is 44.2 Å². The van der Waals surface area contributed by atoms with Crippen molar-refractivity contribution >= 4 is 51.5 Å². The number of benzene rings is 2. The maximum absolute atomic E-state index is 12.4. The molecule has 61 heavy (non-hydrogen) atoms. The Hall–Kier alpha value is -4.66. The number of carbonyl (C=O) groups excluding carboxylic acids is 1. The molecule has 2 aromatic heterocycles. The van der Waals surface area contributed by atoms with Gasteiger partial charge >= 0.3 is 11.9 Å². The van der Waals surface area contributed by atoms with Gasteiger partial charge in [-0.15, -0.1) is 22.7 Å². The molecule has 8 nitrogen and oxygen atoms in total. The van der Waals surface area contributed by atoms with Crippen molar-refractivity contribution in [2.75, 3.05) is 0 Å². The smallest absolute Gasteiger partial charge is 0.345 e. The summed E-state index contributed by atoms with van der Waals surface area (Å²) >= 11 is 2.65. The summed E-state index contributed by atoms with van der Waals surface area (Å²) in [6, 6.07) is 23.3. The van der Waals surface area contributed by atoms with Gasteiger partial charge in [0.25, 0.3) is 0 Å². The van der Waals surface area contributed by atoms with Crippen LogP contribution in [0, 0.1) is 18.4 Å². The van der Waals surface area contributed by atoms with Crippen LogP contribution in [0.3, 0.4) is 0 Å². The second-order valence-corrected chi connectivity index (χ2v) is 18.6. The molecule has 6 rings (SSSR count). The number of thiophene rings is 2. The Morgan fingerprint density at radius 1 is 0.672 bits per heavy atom. The minimum absolute atomic E-state index is 0.0211. The number of aliphatic hydroxyl groups is 2. The number of hydrogen-bond donors (Lipinski definition) is 4. The van der Waals surface area contributed by atoms with Crippen molar-refractivity contribution in [1.29, 1.82) is 0 Å². The predicted octanol–water partition coefficient (Wildman–Crippen LogP) is 12.8. The van der Waals surface area contributed by atoms with E-state index in [1.165, 1.54) is 28.2 Å². The highest BCUT2D eigenvalue weighted by atomic mass is 32.1. The Morgan fingerprint density at radius 3 is 1.62 bits per heavy atom. The van der Waals surface area contributed by atoms with Gasteiger partial charge in [-0.05, 0) is 109 Å². The maximum Gasteiger partial charge on any atom is 0.345 e. The summed E-state index contributed by atoms with van der Waals surface area (Å²) in [6.07, 6.45) is 18.0. The van der Waals surface area contributed by atoms with E-state index in [4.69, 9.17) is 16.8 Å². The first-order valence-corrected chi connectivity index (χ1v) is 23.7. The van der Waals surface area contributed by atoms with E-state index >= 15 is 0 Å². The minimum atomic E-state index is -0.888. The molecule has 4 aromatic rings. The molecule has 2 aliphatic rings. The highest BCUT2D eigenvalue weighted by Crippen LogP contribution is 2.40. The quantitative estimate of drug-likeness (QED) is 0.0456. The van der Waals surface area contributed by atoms with Crippen molar-refractivity contribution < 1.29 is 34.8 Å². The van der Waals surface area contributed by atoms with Gasteiger partial charge in [0.2, 0.25) is 6.04 Å². The van der Waals surface area contributed by atoms with Gasteiger partial charge in [0, 0.05) is 28.5 Å². The Kier molecular flexibility index (Phi) is 18.7. The molecular weight excluding hydrogens is 803 g/mol. The summed E-state index contributed by atoms with van der Waals surface area (Å²) in [5.41, 5.74) is 6.42. The molecule has 324 valence electrons.